The van der Waals surface area contributed by atoms with Crippen LogP contribution in [0.1, 0.15) is 0 Å². The van der Waals surface area contributed by atoms with E-state index in [4.69, 9.17) is 15.0 Å². The molecule has 0 aliphatic carbocycles. The van der Waals surface area contributed by atoms with E-state index in [1.165, 1.54) is 27.3 Å². The van der Waals surface area contributed by atoms with Gasteiger partial charge in [0, 0.05) is 28.9 Å². The fraction of sp³-hybridized carbons (Fsp3) is 0. The number of rotatable bonds is 6. The van der Waals surface area contributed by atoms with Crippen molar-refractivity contribution in [2.75, 3.05) is 0 Å². The monoisotopic (exact) mass is 689 g/mol. The van der Waals surface area contributed by atoms with Gasteiger partial charge in [-0.1, -0.05) is 127 Å². The molecule has 0 aliphatic heterocycles. The second-order valence-corrected chi connectivity index (χ2v) is 13.3. The van der Waals surface area contributed by atoms with Crippen molar-refractivity contribution in [2.24, 2.45) is 0 Å². The number of fused-ring (bicyclic) bond motifs is 4. The summed E-state index contributed by atoms with van der Waals surface area (Å²) < 4.78 is 0. The highest BCUT2D eigenvalue weighted by Gasteiger charge is 2.17. The van der Waals surface area contributed by atoms with Crippen molar-refractivity contribution in [2.45, 2.75) is 0 Å². The molecule has 4 heterocycles. The lowest BCUT2D eigenvalue weighted by Gasteiger charge is -2.14. The molecule has 10 aromatic rings. The number of hydrogen-bond acceptors (Lipinski definition) is 5. The lowest BCUT2D eigenvalue weighted by Crippen LogP contribution is -1.98. The Morgan fingerprint density at radius 3 is 1.57 bits per heavy atom. The molecule has 252 valence electrons. The molecule has 0 spiro atoms. The summed E-state index contributed by atoms with van der Waals surface area (Å²) in [5.74, 6) is 0.626. The summed E-state index contributed by atoms with van der Waals surface area (Å²) in [5, 5.41) is 5.78. The van der Waals surface area contributed by atoms with Gasteiger partial charge < -0.3 is 0 Å². The minimum Gasteiger partial charge on any atom is -0.255 e. The van der Waals surface area contributed by atoms with E-state index in [0.717, 1.165) is 67.0 Å². The van der Waals surface area contributed by atoms with Crippen LogP contribution in [-0.2, 0) is 0 Å². The average molecular weight is 690 g/mol. The maximum absolute atomic E-state index is 5.21. The van der Waals surface area contributed by atoms with Gasteiger partial charge in [-0.2, -0.15) is 0 Å². The molecule has 0 bridgehead atoms. The zero-order chi connectivity index (χ0) is 35.8. The van der Waals surface area contributed by atoms with Crippen molar-refractivity contribution >= 4 is 32.4 Å². The molecular formula is C49H31N5. The van der Waals surface area contributed by atoms with Crippen molar-refractivity contribution in [1.82, 2.24) is 24.9 Å². The summed E-state index contributed by atoms with van der Waals surface area (Å²) in [5.41, 5.74) is 11.6. The number of hydrogen-bond donors (Lipinski definition) is 0. The van der Waals surface area contributed by atoms with Gasteiger partial charge in [0.2, 0.25) is 0 Å². The molecule has 0 amide bonds. The third-order valence-corrected chi connectivity index (χ3v) is 10.0. The normalized spacial score (nSPS) is 11.3. The first-order valence-corrected chi connectivity index (χ1v) is 18.0. The number of benzene rings is 6. The van der Waals surface area contributed by atoms with Crippen LogP contribution in [0, 0.1) is 0 Å². The number of aromatic nitrogens is 5. The van der Waals surface area contributed by atoms with E-state index in [2.05, 4.69) is 143 Å². The van der Waals surface area contributed by atoms with E-state index in [0.29, 0.717) is 5.82 Å². The summed E-state index contributed by atoms with van der Waals surface area (Å²) in [6, 6.07) is 60.9. The Balaban J connectivity index is 1.07. The Bertz CT molecular complexity index is 2910. The summed E-state index contributed by atoms with van der Waals surface area (Å²) in [4.78, 5) is 24.5. The lowest BCUT2D eigenvalue weighted by molar-refractivity contribution is 1.15. The molecule has 0 atom stereocenters. The van der Waals surface area contributed by atoms with Crippen LogP contribution in [0.3, 0.4) is 0 Å². The molecule has 6 aromatic carbocycles. The van der Waals surface area contributed by atoms with Gasteiger partial charge >= 0.3 is 0 Å². The minimum absolute atomic E-state index is 0.626. The van der Waals surface area contributed by atoms with E-state index < -0.39 is 0 Å². The highest BCUT2D eigenvalue weighted by Crippen LogP contribution is 2.39. The molecule has 5 heteroatoms. The SMILES string of the molecule is c1ccc(-c2cc(-c3ccc(-c4ccc(-c5nc(-c6ccccn6)cc(-c6ccccn6)n5)c5ccccc45)cc3)nc3ccc4ccccc4c23)cc1. The Hall–Kier alpha value is -7.37. The van der Waals surface area contributed by atoms with Crippen LogP contribution in [0.15, 0.2) is 188 Å². The predicted molar refractivity (Wildman–Crippen MR) is 221 cm³/mol. The van der Waals surface area contributed by atoms with Crippen LogP contribution < -0.4 is 0 Å². The maximum atomic E-state index is 5.21. The van der Waals surface area contributed by atoms with Crippen LogP contribution >= 0.6 is 0 Å². The first-order valence-electron chi connectivity index (χ1n) is 18.0. The van der Waals surface area contributed by atoms with Crippen LogP contribution in [0.25, 0.3) is 100 Å². The summed E-state index contributed by atoms with van der Waals surface area (Å²) in [6.07, 6.45) is 3.57. The van der Waals surface area contributed by atoms with Gasteiger partial charge in [0.05, 0.1) is 34.0 Å². The van der Waals surface area contributed by atoms with Crippen molar-refractivity contribution in [3.63, 3.8) is 0 Å². The molecule has 0 radical (unpaired) electrons. The molecule has 0 unspecified atom stereocenters. The standard InChI is InChI=1S/C49H31N5/c1-2-12-32(13-3-1)41-30-45(52-44-27-24-33-14-4-5-15-37(33)48(41)44)35-22-20-34(21-23-35)36-25-26-40(39-17-7-6-16-38(36)39)49-53-46(42-18-8-10-28-50-42)31-47(54-49)43-19-9-11-29-51-43/h1-31H. The highest BCUT2D eigenvalue weighted by atomic mass is 14.9. The summed E-state index contributed by atoms with van der Waals surface area (Å²) in [7, 11) is 0. The van der Waals surface area contributed by atoms with Gasteiger partial charge in [0.15, 0.2) is 5.82 Å². The molecule has 4 aromatic heterocycles. The lowest BCUT2D eigenvalue weighted by atomic mass is 9.92. The fourth-order valence-corrected chi connectivity index (χ4v) is 7.43. The van der Waals surface area contributed by atoms with Crippen molar-refractivity contribution in [3.8, 4) is 67.7 Å². The van der Waals surface area contributed by atoms with Crippen LogP contribution in [0.4, 0.5) is 0 Å². The van der Waals surface area contributed by atoms with Crippen molar-refractivity contribution < 1.29 is 0 Å². The van der Waals surface area contributed by atoms with Gasteiger partial charge in [0.1, 0.15) is 0 Å². The van der Waals surface area contributed by atoms with Gasteiger partial charge in [-0.15, -0.1) is 0 Å². The van der Waals surface area contributed by atoms with Crippen LogP contribution in [-0.4, -0.2) is 24.9 Å². The Kier molecular flexibility index (Phi) is 7.73. The number of pyridine rings is 3. The second kappa shape index (κ2) is 13.3. The molecular weight excluding hydrogens is 659 g/mol. The highest BCUT2D eigenvalue weighted by molar-refractivity contribution is 6.14. The third kappa shape index (κ3) is 5.65. The van der Waals surface area contributed by atoms with E-state index >= 15 is 0 Å². The summed E-state index contributed by atoms with van der Waals surface area (Å²) in [6.45, 7) is 0. The van der Waals surface area contributed by atoms with Crippen molar-refractivity contribution in [3.05, 3.63) is 188 Å². The zero-order valence-corrected chi connectivity index (χ0v) is 29.1. The van der Waals surface area contributed by atoms with Gasteiger partial charge in [-0.3, -0.25) is 9.97 Å². The zero-order valence-electron chi connectivity index (χ0n) is 29.1. The average Bonchev–Trinajstić information content (AvgIpc) is 3.26. The predicted octanol–water partition coefficient (Wildman–Crippen LogP) is 12.1. The Morgan fingerprint density at radius 1 is 0.315 bits per heavy atom. The molecule has 5 nitrogen and oxygen atoms in total. The van der Waals surface area contributed by atoms with Crippen LogP contribution in [0.5, 0.6) is 0 Å². The first kappa shape index (κ1) is 31.4. The molecule has 0 fully saturated rings. The van der Waals surface area contributed by atoms with E-state index in [9.17, 15) is 0 Å². The minimum atomic E-state index is 0.626. The molecule has 10 rings (SSSR count). The van der Waals surface area contributed by atoms with Gasteiger partial charge in [-0.25, -0.2) is 15.0 Å². The number of nitrogens with zero attached hydrogens (tertiary/aromatic N) is 5. The quantitative estimate of drug-likeness (QED) is 0.163. The van der Waals surface area contributed by atoms with Crippen molar-refractivity contribution in [1.29, 1.82) is 0 Å². The molecule has 0 aliphatic rings. The maximum Gasteiger partial charge on any atom is 0.161 e. The molecule has 0 saturated carbocycles. The van der Waals surface area contributed by atoms with E-state index in [-0.39, 0.29) is 0 Å². The van der Waals surface area contributed by atoms with Crippen LogP contribution in [0.2, 0.25) is 0 Å². The first-order chi connectivity index (χ1) is 26.8. The van der Waals surface area contributed by atoms with E-state index in [1.807, 2.05) is 42.5 Å². The fourth-order valence-electron chi connectivity index (χ4n) is 7.43. The van der Waals surface area contributed by atoms with E-state index in [1.54, 1.807) is 12.4 Å². The largest absolute Gasteiger partial charge is 0.255 e. The Labute approximate surface area is 312 Å². The second-order valence-electron chi connectivity index (χ2n) is 13.3. The summed E-state index contributed by atoms with van der Waals surface area (Å²) >= 11 is 0. The third-order valence-electron chi connectivity index (χ3n) is 10.0. The Morgan fingerprint density at radius 2 is 0.889 bits per heavy atom. The van der Waals surface area contributed by atoms with Gasteiger partial charge in [-0.05, 0) is 92.3 Å². The molecule has 0 N–H and O–H groups in total. The van der Waals surface area contributed by atoms with Gasteiger partial charge in [0.25, 0.3) is 0 Å². The smallest absolute Gasteiger partial charge is 0.161 e. The topological polar surface area (TPSA) is 64.5 Å². The molecule has 54 heavy (non-hydrogen) atoms. The molecule has 0 saturated heterocycles.